The van der Waals surface area contributed by atoms with Gasteiger partial charge < -0.3 is 14.4 Å². The number of carbonyl (C=O) groups is 2. The minimum atomic E-state index is -0.393. The lowest BCUT2D eigenvalue weighted by Gasteiger charge is -2.42. The number of carbonyl (C=O) groups excluding carboxylic acids is 2. The predicted octanol–water partition coefficient (Wildman–Crippen LogP) is 2.89. The highest BCUT2D eigenvalue weighted by Gasteiger charge is 2.48. The molecule has 1 aromatic heterocycles. The number of fused-ring (bicyclic) bond motifs is 3. The molecule has 1 aromatic carbocycles. The Morgan fingerprint density at radius 3 is 2.78 bits per heavy atom. The van der Waals surface area contributed by atoms with Crippen LogP contribution in [-0.2, 0) is 18.3 Å². The number of nitrogens with zero attached hydrogens (tertiary/aromatic N) is 1. The molecule has 2 aliphatic carbocycles. The third-order valence-corrected chi connectivity index (χ3v) is 6.73. The van der Waals surface area contributed by atoms with Crippen molar-refractivity contribution in [2.75, 3.05) is 13.1 Å². The summed E-state index contributed by atoms with van der Waals surface area (Å²) in [5.74, 6) is 0.552. The molecule has 2 heterocycles. The summed E-state index contributed by atoms with van der Waals surface area (Å²) in [5.41, 5.74) is 3.12. The molecule has 0 saturated carbocycles. The van der Waals surface area contributed by atoms with E-state index in [0.29, 0.717) is 42.8 Å². The van der Waals surface area contributed by atoms with Crippen LogP contribution < -0.4 is 0 Å². The van der Waals surface area contributed by atoms with Gasteiger partial charge >= 0.3 is 0 Å². The molecule has 5 rings (SSSR count). The summed E-state index contributed by atoms with van der Waals surface area (Å²) in [6.07, 6.45) is 5.23. The van der Waals surface area contributed by atoms with Crippen LogP contribution in [0.4, 0.5) is 0 Å². The van der Waals surface area contributed by atoms with Crippen LogP contribution in [0.1, 0.15) is 63.3 Å². The fourth-order valence-corrected chi connectivity index (χ4v) is 5.23. The van der Waals surface area contributed by atoms with Crippen LogP contribution in [0.15, 0.2) is 34.9 Å². The molecular weight excluding hydrogens is 342 g/mol. The highest BCUT2D eigenvalue weighted by atomic mass is 16.3. The molecular formula is C22H23NO4. The number of aliphatic hydroxyl groups is 1. The van der Waals surface area contributed by atoms with Gasteiger partial charge in [0.05, 0.1) is 17.2 Å². The number of aryl methyl sites for hydroxylation is 1. The zero-order valence-electron chi connectivity index (χ0n) is 15.2. The molecule has 1 saturated heterocycles. The molecule has 1 atom stereocenters. The normalized spacial score (nSPS) is 23.4. The number of piperidine rings is 1. The zero-order valence-corrected chi connectivity index (χ0v) is 15.2. The van der Waals surface area contributed by atoms with Crippen LogP contribution >= 0.6 is 0 Å². The number of ketones is 1. The highest BCUT2D eigenvalue weighted by Crippen LogP contribution is 2.46. The van der Waals surface area contributed by atoms with Crippen molar-refractivity contribution >= 4 is 11.7 Å². The van der Waals surface area contributed by atoms with Gasteiger partial charge in [-0.3, -0.25) is 9.59 Å². The monoisotopic (exact) mass is 365 g/mol. The van der Waals surface area contributed by atoms with E-state index in [1.54, 1.807) is 0 Å². The zero-order chi connectivity index (χ0) is 18.6. The summed E-state index contributed by atoms with van der Waals surface area (Å²) in [6, 6.07) is 8.25. The van der Waals surface area contributed by atoms with Gasteiger partial charge in [0.2, 0.25) is 0 Å². The number of likely N-dealkylation sites (tertiary alicyclic amines) is 1. The topological polar surface area (TPSA) is 70.8 Å². The summed E-state index contributed by atoms with van der Waals surface area (Å²) in [4.78, 5) is 27.1. The van der Waals surface area contributed by atoms with Gasteiger partial charge in [-0.2, -0.15) is 0 Å². The Hall–Kier alpha value is -2.40. The first-order valence-corrected chi connectivity index (χ1v) is 9.79. The molecule has 1 fully saturated rings. The average Bonchev–Trinajstić information content (AvgIpc) is 3.23. The van der Waals surface area contributed by atoms with Crippen LogP contribution in [0.3, 0.4) is 0 Å². The number of benzene rings is 1. The van der Waals surface area contributed by atoms with Gasteiger partial charge in [-0.05, 0) is 36.8 Å². The minimum absolute atomic E-state index is 0.0157. The first-order chi connectivity index (χ1) is 13.1. The molecule has 3 aliphatic rings. The Labute approximate surface area is 158 Å². The van der Waals surface area contributed by atoms with Crippen LogP contribution in [0.5, 0.6) is 0 Å². The van der Waals surface area contributed by atoms with Gasteiger partial charge in [0.15, 0.2) is 5.78 Å². The van der Waals surface area contributed by atoms with Crippen molar-refractivity contribution in [2.45, 2.75) is 50.0 Å². The maximum absolute atomic E-state index is 13.1. The first-order valence-electron chi connectivity index (χ1n) is 9.79. The van der Waals surface area contributed by atoms with Gasteiger partial charge in [0.25, 0.3) is 5.91 Å². The van der Waals surface area contributed by atoms with Crippen molar-refractivity contribution in [1.29, 1.82) is 0 Å². The van der Waals surface area contributed by atoms with E-state index in [1.165, 1.54) is 17.4 Å². The molecule has 2 aromatic rings. The highest BCUT2D eigenvalue weighted by molar-refractivity contribution is 6.09. The molecule has 0 bridgehead atoms. The average molecular weight is 365 g/mol. The lowest BCUT2D eigenvalue weighted by Crippen LogP contribution is -2.49. The summed E-state index contributed by atoms with van der Waals surface area (Å²) in [6.45, 7) is 1.16. The number of Topliss-reactive ketones (excluding diaryl/α,β-unsaturated/α-hetero) is 1. The smallest absolute Gasteiger partial charge is 0.257 e. The van der Waals surface area contributed by atoms with Crippen molar-refractivity contribution in [3.63, 3.8) is 0 Å². The van der Waals surface area contributed by atoms with Crippen LogP contribution in [0.2, 0.25) is 0 Å². The van der Waals surface area contributed by atoms with E-state index in [0.717, 1.165) is 25.7 Å². The van der Waals surface area contributed by atoms with Crippen molar-refractivity contribution in [2.24, 2.45) is 0 Å². The van der Waals surface area contributed by atoms with Crippen molar-refractivity contribution < 1.29 is 19.1 Å². The third kappa shape index (κ3) is 2.41. The molecule has 5 heteroatoms. The number of amides is 1. The van der Waals surface area contributed by atoms with Crippen LogP contribution in [0.25, 0.3) is 0 Å². The SMILES string of the molecule is O=C1CCCc2occ(C(=O)N3CCC4(CC3)c3ccccc3C[C@@H]4O)c21. The molecule has 27 heavy (non-hydrogen) atoms. The van der Waals surface area contributed by atoms with E-state index >= 15 is 0 Å². The van der Waals surface area contributed by atoms with Gasteiger partial charge in [0.1, 0.15) is 12.0 Å². The van der Waals surface area contributed by atoms with E-state index in [9.17, 15) is 14.7 Å². The van der Waals surface area contributed by atoms with Gasteiger partial charge in [-0.15, -0.1) is 0 Å². The van der Waals surface area contributed by atoms with E-state index in [4.69, 9.17) is 4.42 Å². The number of aliphatic hydroxyl groups excluding tert-OH is 1. The minimum Gasteiger partial charge on any atom is -0.468 e. The van der Waals surface area contributed by atoms with Crippen molar-refractivity contribution in [1.82, 2.24) is 4.90 Å². The van der Waals surface area contributed by atoms with E-state index in [1.807, 2.05) is 17.0 Å². The first kappa shape index (κ1) is 16.8. The molecule has 1 N–H and O–H groups in total. The largest absolute Gasteiger partial charge is 0.468 e. The number of rotatable bonds is 1. The molecule has 140 valence electrons. The second-order valence-corrected chi connectivity index (χ2v) is 8.05. The Bertz CT molecular complexity index is 920. The maximum atomic E-state index is 13.1. The maximum Gasteiger partial charge on any atom is 0.257 e. The number of furan rings is 1. The van der Waals surface area contributed by atoms with Gasteiger partial charge in [0, 0.05) is 31.3 Å². The third-order valence-electron chi connectivity index (χ3n) is 6.73. The van der Waals surface area contributed by atoms with Crippen molar-refractivity contribution in [3.8, 4) is 0 Å². The van der Waals surface area contributed by atoms with E-state index < -0.39 is 6.10 Å². The Morgan fingerprint density at radius 1 is 1.19 bits per heavy atom. The van der Waals surface area contributed by atoms with E-state index in [2.05, 4.69) is 12.1 Å². The molecule has 0 unspecified atom stereocenters. The standard InChI is InChI=1S/C22H23NO4/c24-17-6-3-7-18-20(17)15(13-27-18)21(26)23-10-8-22(9-11-23)16-5-2-1-4-14(16)12-19(22)25/h1-2,4-5,13,19,25H,3,6-12H2/t19-/m0/s1. The second-order valence-electron chi connectivity index (χ2n) is 8.05. The fraction of sp³-hybridized carbons (Fsp3) is 0.455. The quantitative estimate of drug-likeness (QED) is 0.844. The summed E-state index contributed by atoms with van der Waals surface area (Å²) < 4.78 is 5.52. The Morgan fingerprint density at radius 2 is 1.96 bits per heavy atom. The molecule has 1 aliphatic heterocycles. The lowest BCUT2D eigenvalue weighted by molar-refractivity contribution is 0.0364. The summed E-state index contributed by atoms with van der Waals surface area (Å²) in [5, 5.41) is 10.8. The predicted molar refractivity (Wildman–Crippen MR) is 98.9 cm³/mol. The van der Waals surface area contributed by atoms with Gasteiger partial charge in [-0.25, -0.2) is 0 Å². The summed E-state index contributed by atoms with van der Waals surface area (Å²) >= 11 is 0. The Kier molecular flexibility index (Phi) is 3.76. The van der Waals surface area contributed by atoms with Crippen molar-refractivity contribution in [3.05, 3.63) is 58.5 Å². The van der Waals surface area contributed by atoms with Crippen LogP contribution in [-0.4, -0.2) is 40.9 Å². The number of hydrogen-bond acceptors (Lipinski definition) is 4. The Balaban J connectivity index is 1.38. The fourth-order valence-electron chi connectivity index (χ4n) is 5.23. The van der Waals surface area contributed by atoms with Crippen LogP contribution in [0, 0.1) is 0 Å². The molecule has 0 radical (unpaired) electrons. The lowest BCUT2D eigenvalue weighted by atomic mass is 9.72. The molecule has 1 amide bonds. The van der Waals surface area contributed by atoms with Gasteiger partial charge in [-0.1, -0.05) is 24.3 Å². The van der Waals surface area contributed by atoms with E-state index in [-0.39, 0.29) is 17.1 Å². The molecule has 1 spiro atoms. The number of hydrogen-bond donors (Lipinski definition) is 1. The molecule has 5 nitrogen and oxygen atoms in total. The summed E-state index contributed by atoms with van der Waals surface area (Å²) in [7, 11) is 0. The second kappa shape index (κ2) is 6.06.